The maximum Gasteiger partial charge on any atom is 0.416 e. The lowest BCUT2D eigenvalue weighted by Crippen LogP contribution is -2.04. The molecule has 15 aromatic carbocycles. The topological polar surface area (TPSA) is 365 Å². The molecular weight excluding hydrogens is 2090 g/mol. The predicted octanol–water partition coefficient (Wildman–Crippen LogP) is 31.8. The number of non-ortho nitro benzene ring substituents is 2. The lowest BCUT2D eigenvalue weighted by Gasteiger charge is -2.08. The summed E-state index contributed by atoms with van der Waals surface area (Å²) in [5.41, 5.74) is 31.9. The molecule has 0 radical (unpaired) electrons. The Hall–Kier alpha value is -17.5. The number of hydrogen-bond donors (Lipinski definition) is 11. The number of phenols is 1. The summed E-state index contributed by atoms with van der Waals surface area (Å²) in [6, 6.07) is 101. The van der Waals surface area contributed by atoms with Gasteiger partial charge in [-0.2, -0.15) is 13.2 Å². The number of aromatic amines is 9. The predicted molar refractivity (Wildman–Crippen MR) is 585 cm³/mol. The van der Waals surface area contributed by atoms with E-state index in [0.717, 1.165) is 203 Å². The summed E-state index contributed by atoms with van der Waals surface area (Å²) in [6.45, 7) is 4.18. The molecule has 31 heteroatoms. The van der Waals surface area contributed by atoms with Crippen molar-refractivity contribution in [1.82, 2.24) is 79.7 Å². The third-order valence-electron chi connectivity index (χ3n) is 25.4. The number of halogens is 7. The molecule has 11 heterocycles. The molecule has 0 aliphatic heterocycles. The van der Waals surface area contributed by atoms with Crippen LogP contribution in [0.2, 0.25) is 0 Å². The van der Waals surface area contributed by atoms with Gasteiger partial charge in [-0.25, -0.2) is 24.9 Å². The number of para-hydroxylation sites is 2. The summed E-state index contributed by atoms with van der Waals surface area (Å²) in [6.07, 6.45) is 2.89. The second-order valence-corrected chi connectivity index (χ2v) is 38.1. The summed E-state index contributed by atoms with van der Waals surface area (Å²) in [7, 11) is 0. The molecule has 0 amide bonds. The molecule has 706 valence electrons. The Morgan fingerprint density at radius 3 is 1.26 bits per heavy atom. The van der Waals surface area contributed by atoms with Crippen LogP contribution in [-0.2, 0) is 6.18 Å². The highest BCUT2D eigenvalue weighted by atomic mass is 79.9. The highest BCUT2D eigenvalue weighted by molar-refractivity contribution is 9.11. The number of nitrogens with one attached hydrogen (secondary N) is 9. The summed E-state index contributed by atoms with van der Waals surface area (Å²) in [4.78, 5) is 85.5. The second kappa shape index (κ2) is 38.5. The molecule has 0 fully saturated rings. The third kappa shape index (κ3) is 18.2. The van der Waals surface area contributed by atoms with Crippen molar-refractivity contribution in [3.05, 3.63) is 407 Å². The number of aromatic nitrogens is 16. The number of pyridine rings is 2. The first-order valence-corrected chi connectivity index (χ1v) is 48.7. The van der Waals surface area contributed by atoms with Gasteiger partial charge in [0.1, 0.15) is 34.9 Å². The number of nitrogens with two attached hydrogens (primary N) is 1. The summed E-state index contributed by atoms with van der Waals surface area (Å²) in [5, 5.41) is 42.6. The zero-order chi connectivity index (χ0) is 99.6. The highest BCUT2D eigenvalue weighted by Crippen LogP contribution is 2.46. The number of nitrogen functional groups attached to an aromatic ring is 1. The molecule has 11 aromatic heterocycles. The molecule has 0 saturated heterocycles. The van der Waals surface area contributed by atoms with Gasteiger partial charge in [0.05, 0.1) is 82.7 Å². The SMILES string of the molecule is Cc1[nH]c2ccccc2c1-c1nc2c3cc(N)ccc3c3ccccc3c2[nH]1.Cc1[nH]c2ccccc2c1-c1nc2c3cccnc3c3ncccc3c2[nH]1.FC(F)(F)c1cccc(-c2nc(-c3c[nH]c4ccc(Br)cc34)[nH]c2-c2ccccc2)c1.O=[N+]([O-])c1ccc(-c2nc(-c3c[nH]c4ccc(Br)cc34)[nH]c2-c2ccc([N+](=O)[O-])cc2)cc1.Oc1ccc(-c2nc(-c3ccc(Br)cc3)c(-c3ccc(Br)cc3)[nH]2)cc1. The van der Waals surface area contributed by atoms with Gasteiger partial charge in [0.25, 0.3) is 11.4 Å². The van der Waals surface area contributed by atoms with E-state index in [1.807, 2.05) is 170 Å². The number of alkyl halides is 3. The van der Waals surface area contributed by atoms with E-state index in [1.54, 1.807) is 48.7 Å². The van der Waals surface area contributed by atoms with E-state index in [-0.39, 0.29) is 17.1 Å². The quantitative estimate of drug-likeness (QED) is 0.0222. The number of aromatic hydroxyl groups is 1. The fraction of sp³-hybridized carbons (Fsp3) is 0.0263. The van der Waals surface area contributed by atoms with Crippen molar-refractivity contribution in [2.45, 2.75) is 20.0 Å². The second-order valence-electron chi connectivity index (χ2n) is 34.4. The average Bonchev–Trinajstić information content (AvgIpc) is 1.59. The molecule has 0 aliphatic rings. The number of nitrogens with zero attached hydrogens (tertiary/aromatic N) is 9. The lowest BCUT2D eigenvalue weighted by molar-refractivity contribution is -0.385. The number of hydrogen-bond acceptors (Lipinski definition) is 13. The maximum atomic E-state index is 13.3. The monoisotopic (exact) mass is 2160 g/mol. The number of H-pyrrole nitrogens is 9. The van der Waals surface area contributed by atoms with Gasteiger partial charge < -0.3 is 55.7 Å². The van der Waals surface area contributed by atoms with Crippen molar-refractivity contribution in [2.24, 2.45) is 0 Å². The van der Waals surface area contributed by atoms with Crippen molar-refractivity contribution >= 4 is 190 Å². The van der Waals surface area contributed by atoms with Crippen LogP contribution >= 0.6 is 63.7 Å². The Bertz CT molecular complexity index is 9290. The Morgan fingerprint density at radius 2 is 0.731 bits per heavy atom. The molecule has 0 unspecified atom stereocenters. The first-order chi connectivity index (χ1) is 70.4. The Kier molecular flexibility index (Phi) is 24.6. The number of anilines is 1. The first-order valence-electron chi connectivity index (χ1n) is 45.6. The van der Waals surface area contributed by atoms with Crippen LogP contribution in [0.5, 0.6) is 5.75 Å². The third-order valence-corrected chi connectivity index (χ3v) is 27.4. The van der Waals surface area contributed by atoms with Crippen molar-refractivity contribution in [3.8, 4) is 130 Å². The van der Waals surface area contributed by atoms with Crippen LogP contribution < -0.4 is 5.73 Å². The molecule has 0 atom stereocenters. The molecule has 0 aliphatic carbocycles. The average molecular weight is 2170 g/mol. The van der Waals surface area contributed by atoms with Gasteiger partial charge in [0, 0.05) is 210 Å². The van der Waals surface area contributed by atoms with Crippen LogP contribution in [-0.4, -0.2) is 94.7 Å². The van der Waals surface area contributed by atoms with Gasteiger partial charge in [-0.1, -0.05) is 197 Å². The molecule has 26 aromatic rings. The Labute approximate surface area is 854 Å². The molecule has 12 N–H and O–H groups in total. The molecule has 0 bridgehead atoms. The van der Waals surface area contributed by atoms with Crippen LogP contribution in [0.3, 0.4) is 0 Å². The van der Waals surface area contributed by atoms with Crippen LogP contribution in [0.25, 0.3) is 234 Å². The van der Waals surface area contributed by atoms with Crippen LogP contribution in [0, 0.1) is 34.1 Å². The van der Waals surface area contributed by atoms with Crippen molar-refractivity contribution in [1.29, 1.82) is 0 Å². The first kappa shape index (κ1) is 92.5. The highest BCUT2D eigenvalue weighted by Gasteiger charge is 2.32. The van der Waals surface area contributed by atoms with E-state index >= 15 is 0 Å². The summed E-state index contributed by atoms with van der Waals surface area (Å²) < 4.78 is 43.8. The van der Waals surface area contributed by atoms with Crippen molar-refractivity contribution in [3.63, 3.8) is 0 Å². The van der Waals surface area contributed by atoms with Gasteiger partial charge in [-0.3, -0.25) is 30.2 Å². The maximum absolute atomic E-state index is 13.3. The molecular formula is C114H76Br4F3N19O5. The smallest absolute Gasteiger partial charge is 0.416 e. The minimum atomic E-state index is -4.43. The fourth-order valence-electron chi connectivity index (χ4n) is 18.6. The van der Waals surface area contributed by atoms with Crippen LogP contribution in [0.4, 0.5) is 30.2 Å². The number of fused-ring (bicyclic) bond motifs is 16. The number of nitro groups is 2. The molecule has 24 nitrogen and oxygen atoms in total. The molecule has 0 spiro atoms. The normalized spacial score (nSPS) is 11.5. The van der Waals surface area contributed by atoms with E-state index in [4.69, 9.17) is 30.7 Å². The van der Waals surface area contributed by atoms with E-state index in [9.17, 15) is 38.5 Å². The van der Waals surface area contributed by atoms with Crippen molar-refractivity contribution in [2.75, 3.05) is 5.73 Å². The van der Waals surface area contributed by atoms with Gasteiger partial charge in [-0.15, -0.1) is 0 Å². The van der Waals surface area contributed by atoms with Crippen LogP contribution in [0.15, 0.2) is 370 Å². The minimum absolute atomic E-state index is 0.0168. The number of phenolic OH excluding ortho intramolecular Hbond substituents is 1. The Balaban J connectivity index is 0.000000104. The van der Waals surface area contributed by atoms with Crippen molar-refractivity contribution < 1.29 is 28.1 Å². The molecule has 145 heavy (non-hydrogen) atoms. The summed E-state index contributed by atoms with van der Waals surface area (Å²) >= 11 is 14.0. The zero-order valence-electron chi connectivity index (χ0n) is 76.3. The number of aryl methyl sites for hydroxylation is 2. The number of rotatable bonds is 13. The van der Waals surface area contributed by atoms with E-state index in [0.29, 0.717) is 51.1 Å². The lowest BCUT2D eigenvalue weighted by atomic mass is 9.99. The van der Waals surface area contributed by atoms with E-state index in [2.05, 4.69) is 223 Å². The summed E-state index contributed by atoms with van der Waals surface area (Å²) in [5.74, 6) is 3.92. The molecule has 0 saturated carbocycles. The van der Waals surface area contributed by atoms with E-state index < -0.39 is 21.6 Å². The van der Waals surface area contributed by atoms with Gasteiger partial charge >= 0.3 is 6.18 Å². The van der Waals surface area contributed by atoms with Gasteiger partial charge in [-0.05, 0) is 194 Å². The minimum Gasteiger partial charge on any atom is -0.508 e. The largest absolute Gasteiger partial charge is 0.508 e. The number of nitro benzene ring substituents is 2. The van der Waals surface area contributed by atoms with E-state index in [1.165, 1.54) is 57.3 Å². The van der Waals surface area contributed by atoms with Gasteiger partial charge in [0.15, 0.2) is 0 Å². The number of benzene rings is 15. The standard InChI is InChI=1S/C24H15BrF3N3.C24H18N4.C23H14BrN5O4.C22H15N5.C21H14Br2N2O/c25-17-9-10-20-18(12-17)19(13-29-20)23-30-21(14-5-2-1-3-6-14)22(31-23)15-7-4-8-16(11-15)24(26,27)28;1-13-21(18-8-4-5-9-20(18)26-13)24-27-22-17-7-3-2-6-15(17)16-11-10-14(25)12-19(16)23(22)28-24;24-15-5-10-20-18(11-15)19(12-25-20)23-26-21(13-1-6-16(7-2-13)28(30)31)22(27-23)14-3-8-17(9-4-14)29(32)33;1-12-17(13-6-2-3-9-16(13)25-12)22-26-20-14-7-4-10-23-18(14)19-15(21(20)27-22)8-5-11-24-19;22-16-7-1-13(2-8-16)19-20(14-3-9-17(23)10-4-14)25-21(24-19)15-5-11-18(26)12-6-15/h1-13,29H,(H,30,31);2-12,26H,25H2,1H3,(H,27,28);1-12,25H,(H,26,27);2-11,25H,1H3,(H,26,27);1-12,26H,(H,24,25). The van der Waals surface area contributed by atoms with Gasteiger partial charge in [0.2, 0.25) is 0 Å². The zero-order valence-corrected chi connectivity index (χ0v) is 82.7. The Morgan fingerprint density at radius 1 is 0.324 bits per heavy atom. The van der Waals surface area contributed by atoms with Crippen LogP contribution in [0.1, 0.15) is 17.0 Å². The fourth-order valence-corrected chi connectivity index (χ4v) is 19.8. The number of imidazole rings is 5. The molecule has 26 rings (SSSR count).